The number of nitro benzene ring substituents is 1. The van der Waals surface area contributed by atoms with Gasteiger partial charge in [0.25, 0.3) is 5.69 Å². The van der Waals surface area contributed by atoms with Gasteiger partial charge in [-0.25, -0.2) is 15.0 Å². The molecule has 0 bridgehead atoms. The molecule has 1 aliphatic heterocycles. The van der Waals surface area contributed by atoms with E-state index in [-0.39, 0.29) is 5.69 Å². The molecule has 1 aromatic carbocycles. The van der Waals surface area contributed by atoms with Crippen molar-refractivity contribution in [2.45, 2.75) is 35.3 Å². The number of hydrogen-bond donors (Lipinski definition) is 3. The lowest BCUT2D eigenvalue weighted by atomic mass is 10.1. The van der Waals surface area contributed by atoms with Crippen molar-refractivity contribution in [3.8, 4) is 0 Å². The molecule has 0 aliphatic carbocycles. The van der Waals surface area contributed by atoms with Gasteiger partial charge in [-0.1, -0.05) is 23.9 Å². The second kappa shape index (κ2) is 8.00. The predicted octanol–water partition coefficient (Wildman–Crippen LogP) is 0.638. The minimum Gasteiger partial charge on any atom is -0.394 e. The third-order valence-corrected chi connectivity index (χ3v) is 5.69. The lowest BCUT2D eigenvalue weighted by Crippen LogP contribution is -2.33. The molecular weight excluding hydrogens is 402 g/mol. The lowest BCUT2D eigenvalue weighted by Gasteiger charge is -2.16. The molecule has 3 N–H and O–H groups in total. The Kier molecular flexibility index (Phi) is 5.43. The van der Waals surface area contributed by atoms with E-state index < -0.39 is 36.1 Å². The van der Waals surface area contributed by atoms with Crippen molar-refractivity contribution in [2.75, 3.05) is 6.61 Å². The van der Waals surface area contributed by atoms with Crippen LogP contribution in [0.1, 0.15) is 11.8 Å². The van der Waals surface area contributed by atoms with Crippen molar-refractivity contribution >= 4 is 28.6 Å². The fraction of sp³-hybridized carbons (Fsp3) is 0.353. The number of nitrogens with zero attached hydrogens (tertiary/aromatic N) is 5. The van der Waals surface area contributed by atoms with Crippen LogP contribution >= 0.6 is 11.8 Å². The minimum atomic E-state index is -1.24. The maximum atomic E-state index is 10.7. The Balaban J connectivity index is 1.55. The summed E-state index contributed by atoms with van der Waals surface area (Å²) >= 11 is 1.39. The monoisotopic (exact) mass is 419 g/mol. The molecule has 11 nitrogen and oxygen atoms in total. The molecule has 0 spiro atoms. The van der Waals surface area contributed by atoms with Gasteiger partial charge in [-0.15, -0.1) is 0 Å². The maximum Gasteiger partial charge on any atom is 0.269 e. The number of hydrogen-bond acceptors (Lipinski definition) is 10. The Hall–Kier alpha value is -2.64. The summed E-state index contributed by atoms with van der Waals surface area (Å²) in [5.41, 5.74) is 1.83. The molecule has 1 fully saturated rings. The van der Waals surface area contributed by atoms with Crippen LogP contribution in [-0.2, 0) is 10.5 Å². The van der Waals surface area contributed by atoms with Crippen molar-refractivity contribution in [1.82, 2.24) is 19.5 Å². The number of aliphatic hydroxyl groups excluding tert-OH is 3. The van der Waals surface area contributed by atoms with Crippen LogP contribution < -0.4 is 0 Å². The number of nitro groups is 1. The Labute approximate surface area is 168 Å². The Morgan fingerprint density at radius 1 is 1.17 bits per heavy atom. The van der Waals surface area contributed by atoms with Gasteiger partial charge in [0.15, 0.2) is 11.9 Å². The molecule has 0 radical (unpaired) electrons. The molecule has 152 valence electrons. The fourth-order valence-electron chi connectivity index (χ4n) is 3.10. The average molecular weight is 419 g/mol. The van der Waals surface area contributed by atoms with Gasteiger partial charge in [-0.05, 0) is 5.56 Å². The van der Waals surface area contributed by atoms with Crippen LogP contribution in [0.5, 0.6) is 0 Å². The number of fused-ring (bicyclic) bond motifs is 1. The summed E-state index contributed by atoms with van der Waals surface area (Å²) in [7, 11) is 0. The number of benzene rings is 1. The highest BCUT2D eigenvalue weighted by atomic mass is 32.2. The Morgan fingerprint density at radius 2 is 1.93 bits per heavy atom. The van der Waals surface area contributed by atoms with Crippen LogP contribution in [0.25, 0.3) is 11.2 Å². The minimum absolute atomic E-state index is 0.0282. The van der Waals surface area contributed by atoms with Crippen LogP contribution in [0.3, 0.4) is 0 Å². The van der Waals surface area contributed by atoms with E-state index in [0.29, 0.717) is 21.9 Å². The summed E-state index contributed by atoms with van der Waals surface area (Å²) in [6.07, 6.45) is -1.49. The summed E-state index contributed by atoms with van der Waals surface area (Å²) in [4.78, 5) is 23.1. The van der Waals surface area contributed by atoms with E-state index >= 15 is 0 Å². The number of imidazole rings is 1. The van der Waals surface area contributed by atoms with Crippen molar-refractivity contribution in [3.63, 3.8) is 0 Å². The van der Waals surface area contributed by atoms with Crippen molar-refractivity contribution in [2.24, 2.45) is 0 Å². The Morgan fingerprint density at radius 3 is 2.59 bits per heavy atom. The first kappa shape index (κ1) is 19.7. The molecular formula is C17H17N5O6S. The molecule has 3 heterocycles. The van der Waals surface area contributed by atoms with Gasteiger partial charge in [-0.3, -0.25) is 14.7 Å². The molecule has 29 heavy (non-hydrogen) atoms. The molecule has 0 amide bonds. The van der Waals surface area contributed by atoms with E-state index in [1.807, 2.05) is 0 Å². The predicted molar refractivity (Wildman–Crippen MR) is 101 cm³/mol. The van der Waals surface area contributed by atoms with E-state index in [1.54, 1.807) is 12.1 Å². The number of thioether (sulfide) groups is 1. The number of rotatable bonds is 6. The first-order chi connectivity index (χ1) is 14.0. The highest BCUT2D eigenvalue weighted by Gasteiger charge is 2.44. The molecule has 4 rings (SSSR count). The second-order valence-electron chi connectivity index (χ2n) is 6.44. The number of aliphatic hydroxyl groups is 3. The first-order valence-corrected chi connectivity index (χ1v) is 9.64. The summed E-state index contributed by atoms with van der Waals surface area (Å²) in [5.74, 6) is 0.519. The zero-order valence-corrected chi connectivity index (χ0v) is 15.7. The fourth-order valence-corrected chi connectivity index (χ4v) is 4.00. The number of ether oxygens (including phenoxy) is 1. The standard InChI is InChI=1S/C17H17N5O6S/c23-5-11-13(24)14(25)17(28-11)21-8-20-12-15(21)18-7-19-16(12)29-6-9-1-3-10(4-2-9)22(26)27/h1-4,7-8,11,13-14,17,23-25H,5-6H2/t11-,13-,14?,17?/m0/s1. The third-order valence-electron chi connectivity index (χ3n) is 4.64. The van der Waals surface area contributed by atoms with Crippen LogP contribution in [0.4, 0.5) is 5.69 Å². The van der Waals surface area contributed by atoms with E-state index in [0.717, 1.165) is 5.56 Å². The molecule has 3 aromatic rings. The molecule has 12 heteroatoms. The summed E-state index contributed by atoms with van der Waals surface area (Å²) in [6.45, 7) is -0.424. The smallest absolute Gasteiger partial charge is 0.269 e. The molecule has 0 saturated carbocycles. The largest absolute Gasteiger partial charge is 0.394 e. The van der Waals surface area contributed by atoms with Crippen molar-refractivity contribution in [1.29, 1.82) is 0 Å². The number of aromatic nitrogens is 4. The highest BCUT2D eigenvalue weighted by Crippen LogP contribution is 2.33. The van der Waals surface area contributed by atoms with Crippen LogP contribution in [0, 0.1) is 10.1 Å². The molecule has 1 aliphatic rings. The lowest BCUT2D eigenvalue weighted by molar-refractivity contribution is -0.384. The van der Waals surface area contributed by atoms with Gasteiger partial charge >= 0.3 is 0 Å². The summed E-state index contributed by atoms with van der Waals surface area (Å²) in [6, 6.07) is 6.26. The summed E-state index contributed by atoms with van der Waals surface area (Å²) < 4.78 is 7.03. The van der Waals surface area contributed by atoms with E-state index in [9.17, 15) is 25.4 Å². The maximum absolute atomic E-state index is 10.7. The SMILES string of the molecule is O=[N+]([O-])c1ccc(CSc2ncnc3c2ncn3C2O[C@@H](CO)[C@H](O)C2O)cc1. The zero-order valence-electron chi connectivity index (χ0n) is 14.9. The van der Waals surface area contributed by atoms with E-state index in [1.165, 1.54) is 41.1 Å². The second-order valence-corrected chi connectivity index (χ2v) is 7.41. The molecule has 4 atom stereocenters. The molecule has 1 saturated heterocycles. The topological polar surface area (TPSA) is 157 Å². The average Bonchev–Trinajstić information content (AvgIpc) is 3.28. The van der Waals surface area contributed by atoms with Crippen LogP contribution in [0.2, 0.25) is 0 Å². The van der Waals surface area contributed by atoms with Gasteiger partial charge in [0.2, 0.25) is 0 Å². The van der Waals surface area contributed by atoms with Crippen LogP contribution in [-0.4, -0.2) is 64.7 Å². The van der Waals surface area contributed by atoms with E-state index in [4.69, 9.17) is 4.74 Å². The number of non-ortho nitro benzene ring substituents is 1. The Bertz CT molecular complexity index is 1030. The van der Waals surface area contributed by atoms with Crippen molar-refractivity contribution < 1.29 is 25.0 Å². The van der Waals surface area contributed by atoms with Crippen molar-refractivity contribution in [3.05, 3.63) is 52.6 Å². The molecule has 2 aromatic heterocycles. The van der Waals surface area contributed by atoms with Gasteiger partial charge in [0, 0.05) is 17.9 Å². The first-order valence-electron chi connectivity index (χ1n) is 8.65. The van der Waals surface area contributed by atoms with E-state index in [2.05, 4.69) is 15.0 Å². The van der Waals surface area contributed by atoms with Gasteiger partial charge in [0.1, 0.15) is 35.2 Å². The van der Waals surface area contributed by atoms with Crippen LogP contribution in [0.15, 0.2) is 41.9 Å². The third kappa shape index (κ3) is 3.68. The van der Waals surface area contributed by atoms with Gasteiger partial charge in [0.05, 0.1) is 17.9 Å². The molecule has 2 unspecified atom stereocenters. The highest BCUT2D eigenvalue weighted by molar-refractivity contribution is 7.98. The summed E-state index contributed by atoms with van der Waals surface area (Å²) in [5, 5.41) is 40.8. The zero-order chi connectivity index (χ0) is 20.5. The van der Waals surface area contributed by atoms with Gasteiger partial charge < -0.3 is 20.1 Å². The quantitative estimate of drug-likeness (QED) is 0.224. The normalized spacial score (nSPS) is 24.2. The van der Waals surface area contributed by atoms with Gasteiger partial charge in [-0.2, -0.15) is 0 Å².